The van der Waals surface area contributed by atoms with E-state index in [1.54, 1.807) is 12.4 Å². The molecular formula is C10H16N4O. The number of anilines is 1. The maximum absolute atomic E-state index is 5.79. The summed E-state index contributed by atoms with van der Waals surface area (Å²) in [6, 6.07) is 0. The van der Waals surface area contributed by atoms with Gasteiger partial charge in [-0.25, -0.2) is 9.97 Å². The molecule has 0 radical (unpaired) electrons. The van der Waals surface area contributed by atoms with Crippen LogP contribution in [0.15, 0.2) is 12.4 Å². The van der Waals surface area contributed by atoms with Crippen molar-refractivity contribution < 1.29 is 4.74 Å². The Morgan fingerprint density at radius 2 is 2.20 bits per heavy atom. The van der Waals surface area contributed by atoms with Crippen LogP contribution in [-0.4, -0.2) is 43.3 Å². The van der Waals surface area contributed by atoms with Gasteiger partial charge in [-0.1, -0.05) is 0 Å². The minimum Gasteiger partial charge on any atom is -0.470 e. The summed E-state index contributed by atoms with van der Waals surface area (Å²) in [6.45, 7) is 1.91. The van der Waals surface area contributed by atoms with Crippen LogP contribution in [0.4, 0.5) is 5.82 Å². The number of hydrogen-bond acceptors (Lipinski definition) is 5. The number of hydrogen-bond donors (Lipinski definition) is 1. The van der Waals surface area contributed by atoms with Crippen LogP contribution in [0.25, 0.3) is 0 Å². The van der Waals surface area contributed by atoms with Gasteiger partial charge in [0.2, 0.25) is 0 Å². The number of aromatic nitrogens is 2. The van der Waals surface area contributed by atoms with Crippen LogP contribution < -0.4 is 15.0 Å². The Labute approximate surface area is 89.5 Å². The Hall–Kier alpha value is -1.36. The molecule has 1 atom stereocenters. The van der Waals surface area contributed by atoms with Gasteiger partial charge in [0.05, 0.1) is 0 Å². The van der Waals surface area contributed by atoms with E-state index in [2.05, 4.69) is 15.3 Å². The van der Waals surface area contributed by atoms with Gasteiger partial charge in [0, 0.05) is 33.0 Å². The molecule has 5 heteroatoms. The molecule has 1 aromatic rings. The van der Waals surface area contributed by atoms with Crippen molar-refractivity contribution in [1.82, 2.24) is 15.3 Å². The van der Waals surface area contributed by atoms with Gasteiger partial charge in [0.15, 0.2) is 5.82 Å². The van der Waals surface area contributed by atoms with Gasteiger partial charge in [-0.15, -0.1) is 0 Å². The lowest BCUT2D eigenvalue weighted by Gasteiger charge is -2.17. The lowest BCUT2D eigenvalue weighted by Crippen LogP contribution is -2.22. The summed E-state index contributed by atoms with van der Waals surface area (Å²) >= 11 is 0. The van der Waals surface area contributed by atoms with Crippen LogP contribution in [0.3, 0.4) is 0 Å². The van der Waals surface area contributed by atoms with Crippen molar-refractivity contribution in [3.63, 3.8) is 0 Å². The molecule has 0 bridgehead atoms. The Bertz CT molecular complexity index is 323. The zero-order chi connectivity index (χ0) is 10.7. The SMILES string of the molecule is CN(C)c1nccnc1OC1CCNC1. The molecule has 1 aliphatic heterocycles. The summed E-state index contributed by atoms with van der Waals surface area (Å²) in [5, 5.41) is 3.25. The Morgan fingerprint density at radius 1 is 1.40 bits per heavy atom. The summed E-state index contributed by atoms with van der Waals surface area (Å²) < 4.78 is 5.79. The number of rotatable bonds is 3. The molecule has 0 amide bonds. The summed E-state index contributed by atoms with van der Waals surface area (Å²) in [4.78, 5) is 10.4. The van der Waals surface area contributed by atoms with E-state index in [0.717, 1.165) is 25.3 Å². The monoisotopic (exact) mass is 208 g/mol. The largest absolute Gasteiger partial charge is 0.470 e. The second kappa shape index (κ2) is 4.44. The van der Waals surface area contributed by atoms with Crippen molar-refractivity contribution in [2.24, 2.45) is 0 Å². The highest BCUT2D eigenvalue weighted by Crippen LogP contribution is 2.22. The third-order valence-corrected chi connectivity index (χ3v) is 2.36. The van der Waals surface area contributed by atoms with Crippen molar-refractivity contribution in [1.29, 1.82) is 0 Å². The van der Waals surface area contributed by atoms with Gasteiger partial charge < -0.3 is 15.0 Å². The van der Waals surface area contributed by atoms with Crippen LogP contribution >= 0.6 is 0 Å². The summed E-state index contributed by atoms with van der Waals surface area (Å²) in [5.41, 5.74) is 0. The van der Waals surface area contributed by atoms with E-state index in [9.17, 15) is 0 Å². The van der Waals surface area contributed by atoms with Crippen LogP contribution in [0.2, 0.25) is 0 Å². The van der Waals surface area contributed by atoms with Crippen LogP contribution in [0.1, 0.15) is 6.42 Å². The molecule has 1 fully saturated rings. The number of nitrogens with zero attached hydrogens (tertiary/aromatic N) is 3. The quantitative estimate of drug-likeness (QED) is 0.773. The number of nitrogens with one attached hydrogen (secondary N) is 1. The van der Waals surface area contributed by atoms with E-state index in [4.69, 9.17) is 4.74 Å². The van der Waals surface area contributed by atoms with Gasteiger partial charge in [-0.3, -0.25) is 0 Å². The smallest absolute Gasteiger partial charge is 0.257 e. The van der Waals surface area contributed by atoms with Crippen LogP contribution in [0, 0.1) is 0 Å². The van der Waals surface area contributed by atoms with Gasteiger partial charge in [-0.05, 0) is 13.0 Å². The fraction of sp³-hybridized carbons (Fsp3) is 0.600. The molecule has 2 heterocycles. The maximum atomic E-state index is 5.79. The van der Waals surface area contributed by atoms with Crippen molar-refractivity contribution in [2.45, 2.75) is 12.5 Å². The van der Waals surface area contributed by atoms with Crippen molar-refractivity contribution in [3.05, 3.63) is 12.4 Å². The molecular weight excluding hydrogens is 192 g/mol. The van der Waals surface area contributed by atoms with E-state index in [-0.39, 0.29) is 6.10 Å². The lowest BCUT2D eigenvalue weighted by molar-refractivity contribution is 0.214. The standard InChI is InChI=1S/C10H16N4O/c1-14(2)9-10(13-6-5-12-9)15-8-3-4-11-7-8/h5-6,8,11H,3-4,7H2,1-2H3. The van der Waals surface area contributed by atoms with Crippen LogP contribution in [0.5, 0.6) is 5.88 Å². The van der Waals surface area contributed by atoms with Crippen molar-refractivity contribution >= 4 is 5.82 Å². The maximum Gasteiger partial charge on any atom is 0.257 e. The van der Waals surface area contributed by atoms with E-state index in [1.807, 2.05) is 19.0 Å². The first-order valence-corrected chi connectivity index (χ1v) is 5.13. The first kappa shape index (κ1) is 10.2. The molecule has 0 aromatic carbocycles. The first-order chi connectivity index (χ1) is 7.27. The zero-order valence-corrected chi connectivity index (χ0v) is 9.10. The van der Waals surface area contributed by atoms with Crippen molar-refractivity contribution in [3.8, 4) is 5.88 Å². The third kappa shape index (κ3) is 2.36. The molecule has 0 spiro atoms. The Kier molecular flexibility index (Phi) is 3.01. The highest BCUT2D eigenvalue weighted by Gasteiger charge is 2.19. The molecule has 5 nitrogen and oxygen atoms in total. The average molecular weight is 208 g/mol. The highest BCUT2D eigenvalue weighted by molar-refractivity contribution is 5.46. The third-order valence-electron chi connectivity index (χ3n) is 2.36. The second-order valence-corrected chi connectivity index (χ2v) is 3.81. The Balaban J connectivity index is 2.12. The molecule has 1 N–H and O–H groups in total. The molecule has 1 unspecified atom stereocenters. The topological polar surface area (TPSA) is 50.3 Å². The fourth-order valence-electron chi connectivity index (χ4n) is 1.59. The van der Waals surface area contributed by atoms with E-state index in [0.29, 0.717) is 5.88 Å². The van der Waals surface area contributed by atoms with Gasteiger partial charge in [0.1, 0.15) is 6.10 Å². The summed E-state index contributed by atoms with van der Waals surface area (Å²) in [7, 11) is 3.87. The predicted molar refractivity (Wildman–Crippen MR) is 58.3 cm³/mol. The highest BCUT2D eigenvalue weighted by atomic mass is 16.5. The van der Waals surface area contributed by atoms with E-state index in [1.165, 1.54) is 0 Å². The predicted octanol–water partition coefficient (Wildman–Crippen LogP) is 0.283. The normalized spacial score (nSPS) is 20.3. The minimum absolute atomic E-state index is 0.223. The molecule has 1 saturated heterocycles. The van der Waals surface area contributed by atoms with Gasteiger partial charge >= 0.3 is 0 Å². The van der Waals surface area contributed by atoms with Gasteiger partial charge in [-0.2, -0.15) is 0 Å². The molecule has 2 rings (SSSR count). The van der Waals surface area contributed by atoms with E-state index >= 15 is 0 Å². The molecule has 0 aliphatic carbocycles. The van der Waals surface area contributed by atoms with Gasteiger partial charge in [0.25, 0.3) is 5.88 Å². The zero-order valence-electron chi connectivity index (χ0n) is 9.10. The minimum atomic E-state index is 0.223. The Morgan fingerprint density at radius 3 is 2.87 bits per heavy atom. The summed E-state index contributed by atoms with van der Waals surface area (Å²) in [6.07, 6.45) is 4.59. The summed E-state index contributed by atoms with van der Waals surface area (Å²) in [5.74, 6) is 1.40. The van der Waals surface area contributed by atoms with Crippen molar-refractivity contribution in [2.75, 3.05) is 32.1 Å². The lowest BCUT2D eigenvalue weighted by atomic mass is 10.3. The fourth-order valence-corrected chi connectivity index (χ4v) is 1.59. The first-order valence-electron chi connectivity index (χ1n) is 5.13. The number of ether oxygens (including phenoxy) is 1. The molecule has 0 saturated carbocycles. The molecule has 1 aliphatic rings. The molecule has 15 heavy (non-hydrogen) atoms. The molecule has 82 valence electrons. The average Bonchev–Trinajstić information content (AvgIpc) is 2.71. The molecule has 1 aromatic heterocycles. The van der Waals surface area contributed by atoms with Crippen LogP contribution in [-0.2, 0) is 0 Å². The van der Waals surface area contributed by atoms with E-state index < -0.39 is 0 Å². The second-order valence-electron chi connectivity index (χ2n) is 3.81.